The fraction of sp³-hybridized carbons (Fsp3) is 0.375. The zero-order valence-corrected chi connectivity index (χ0v) is 6.67. The molecule has 0 saturated heterocycles. The minimum absolute atomic E-state index is 0.0737. The second kappa shape index (κ2) is 3.74. The third-order valence-corrected chi connectivity index (χ3v) is 1.54. The van der Waals surface area contributed by atoms with Crippen LogP contribution in [0.5, 0.6) is 0 Å². The first kappa shape index (κ1) is 9.98. The summed E-state index contributed by atoms with van der Waals surface area (Å²) in [4.78, 5) is 3.55. The van der Waals surface area contributed by atoms with E-state index in [0.717, 1.165) is 6.07 Å². The summed E-state index contributed by atoms with van der Waals surface area (Å²) in [6, 6.07) is 2.18. The zero-order valence-electron chi connectivity index (χ0n) is 6.67. The number of hydrogen-bond acceptors (Lipinski definition) is 2. The summed E-state index contributed by atoms with van der Waals surface area (Å²) in [5.41, 5.74) is -0.887. The Morgan fingerprint density at radius 1 is 1.38 bits per heavy atom. The SMILES string of the molecule is OCCc1ncccc1C(F)(F)F. The molecule has 0 fully saturated rings. The van der Waals surface area contributed by atoms with Crippen molar-refractivity contribution in [3.05, 3.63) is 29.6 Å². The van der Waals surface area contributed by atoms with E-state index in [1.165, 1.54) is 12.3 Å². The van der Waals surface area contributed by atoms with Crippen molar-refractivity contribution in [1.29, 1.82) is 0 Å². The van der Waals surface area contributed by atoms with Gasteiger partial charge in [-0.05, 0) is 12.1 Å². The fourth-order valence-electron chi connectivity index (χ4n) is 1.00. The van der Waals surface area contributed by atoms with Crippen LogP contribution in [0.1, 0.15) is 11.3 Å². The Kier molecular flexibility index (Phi) is 2.87. The molecule has 1 N–H and O–H groups in total. The molecular weight excluding hydrogens is 183 g/mol. The molecule has 72 valence electrons. The average molecular weight is 191 g/mol. The van der Waals surface area contributed by atoms with Gasteiger partial charge in [0.05, 0.1) is 11.3 Å². The fourth-order valence-corrected chi connectivity index (χ4v) is 1.00. The van der Waals surface area contributed by atoms with Gasteiger partial charge in [-0.25, -0.2) is 0 Å². The van der Waals surface area contributed by atoms with Crippen LogP contribution in [0.15, 0.2) is 18.3 Å². The van der Waals surface area contributed by atoms with E-state index in [-0.39, 0.29) is 18.7 Å². The molecule has 0 aliphatic rings. The molecule has 1 aromatic heterocycles. The van der Waals surface area contributed by atoms with E-state index in [0.29, 0.717) is 0 Å². The van der Waals surface area contributed by atoms with Crippen molar-refractivity contribution >= 4 is 0 Å². The van der Waals surface area contributed by atoms with Crippen LogP contribution < -0.4 is 0 Å². The van der Waals surface area contributed by atoms with Crippen molar-refractivity contribution in [2.24, 2.45) is 0 Å². The van der Waals surface area contributed by atoms with Crippen LogP contribution >= 0.6 is 0 Å². The average Bonchev–Trinajstić information content (AvgIpc) is 2.04. The molecule has 0 atom stereocenters. The van der Waals surface area contributed by atoms with E-state index in [4.69, 9.17) is 5.11 Å². The molecule has 0 bridgehead atoms. The highest BCUT2D eigenvalue weighted by Gasteiger charge is 2.33. The number of rotatable bonds is 2. The van der Waals surface area contributed by atoms with Gasteiger partial charge in [-0.3, -0.25) is 4.98 Å². The minimum Gasteiger partial charge on any atom is -0.396 e. The lowest BCUT2D eigenvalue weighted by atomic mass is 10.1. The number of aliphatic hydroxyl groups excluding tert-OH is 1. The zero-order chi connectivity index (χ0) is 9.90. The van der Waals surface area contributed by atoms with Crippen molar-refractivity contribution in [2.45, 2.75) is 12.6 Å². The highest BCUT2D eigenvalue weighted by atomic mass is 19.4. The van der Waals surface area contributed by atoms with Gasteiger partial charge in [0, 0.05) is 19.2 Å². The Morgan fingerprint density at radius 3 is 2.62 bits per heavy atom. The molecule has 0 aliphatic heterocycles. The predicted molar refractivity (Wildman–Crippen MR) is 40.0 cm³/mol. The van der Waals surface area contributed by atoms with E-state index in [9.17, 15) is 13.2 Å². The monoisotopic (exact) mass is 191 g/mol. The molecule has 0 aromatic carbocycles. The van der Waals surface area contributed by atoms with Crippen molar-refractivity contribution in [3.63, 3.8) is 0 Å². The Hall–Kier alpha value is -1.10. The highest BCUT2D eigenvalue weighted by Crippen LogP contribution is 2.30. The number of alkyl halides is 3. The topological polar surface area (TPSA) is 33.1 Å². The third-order valence-electron chi connectivity index (χ3n) is 1.54. The lowest BCUT2D eigenvalue weighted by Gasteiger charge is -2.09. The highest BCUT2D eigenvalue weighted by molar-refractivity contribution is 5.22. The van der Waals surface area contributed by atoms with Gasteiger partial charge in [-0.15, -0.1) is 0 Å². The van der Waals surface area contributed by atoms with Gasteiger partial charge < -0.3 is 5.11 Å². The molecule has 13 heavy (non-hydrogen) atoms. The van der Waals surface area contributed by atoms with Crippen LogP contribution in [0.2, 0.25) is 0 Å². The second-order valence-corrected chi connectivity index (χ2v) is 2.47. The molecular formula is C8H8F3NO. The maximum Gasteiger partial charge on any atom is 0.418 e. The molecule has 0 unspecified atom stereocenters. The number of pyridine rings is 1. The van der Waals surface area contributed by atoms with Gasteiger partial charge in [0.1, 0.15) is 0 Å². The lowest BCUT2D eigenvalue weighted by molar-refractivity contribution is -0.138. The first-order valence-corrected chi connectivity index (χ1v) is 3.67. The van der Waals surface area contributed by atoms with Gasteiger partial charge >= 0.3 is 6.18 Å². The summed E-state index contributed by atoms with van der Waals surface area (Å²) < 4.78 is 36.8. The van der Waals surface area contributed by atoms with Gasteiger partial charge in [0.25, 0.3) is 0 Å². The van der Waals surface area contributed by atoms with Crippen LogP contribution in [0, 0.1) is 0 Å². The molecule has 0 spiro atoms. The molecule has 0 saturated carbocycles. The minimum atomic E-state index is -4.39. The van der Waals surface area contributed by atoms with Crippen LogP contribution in [-0.2, 0) is 12.6 Å². The molecule has 0 amide bonds. The third kappa shape index (κ3) is 2.42. The maximum absolute atomic E-state index is 12.3. The van der Waals surface area contributed by atoms with Crippen LogP contribution in [0.25, 0.3) is 0 Å². The summed E-state index contributed by atoms with van der Waals surface area (Å²) in [5.74, 6) is 0. The summed E-state index contributed by atoms with van der Waals surface area (Å²) in [7, 11) is 0. The summed E-state index contributed by atoms with van der Waals surface area (Å²) in [6.45, 7) is -0.333. The van der Waals surface area contributed by atoms with E-state index >= 15 is 0 Å². The standard InChI is InChI=1S/C8H8F3NO/c9-8(10,11)6-2-1-4-12-7(6)3-5-13/h1-2,4,13H,3,5H2. The molecule has 5 heteroatoms. The molecule has 1 heterocycles. The van der Waals surface area contributed by atoms with Gasteiger partial charge in [-0.1, -0.05) is 0 Å². The van der Waals surface area contributed by atoms with E-state index in [1.54, 1.807) is 0 Å². The van der Waals surface area contributed by atoms with Gasteiger partial charge in [0.15, 0.2) is 0 Å². The van der Waals surface area contributed by atoms with E-state index in [2.05, 4.69) is 4.98 Å². The summed E-state index contributed by atoms with van der Waals surface area (Å²) >= 11 is 0. The van der Waals surface area contributed by atoms with Crippen LogP contribution in [-0.4, -0.2) is 16.7 Å². The van der Waals surface area contributed by atoms with Crippen molar-refractivity contribution < 1.29 is 18.3 Å². The maximum atomic E-state index is 12.3. The molecule has 0 radical (unpaired) electrons. The number of hydrogen-bond donors (Lipinski definition) is 1. The Morgan fingerprint density at radius 2 is 2.08 bits per heavy atom. The predicted octanol–water partition coefficient (Wildman–Crippen LogP) is 1.64. The second-order valence-electron chi connectivity index (χ2n) is 2.47. The molecule has 0 aliphatic carbocycles. The van der Waals surface area contributed by atoms with Crippen molar-refractivity contribution in [3.8, 4) is 0 Å². The smallest absolute Gasteiger partial charge is 0.396 e. The number of nitrogens with zero attached hydrogens (tertiary/aromatic N) is 1. The number of aliphatic hydroxyl groups is 1. The summed E-state index contributed by atoms with van der Waals surface area (Å²) in [5, 5.41) is 8.50. The molecule has 1 rings (SSSR count). The first-order chi connectivity index (χ1) is 6.05. The Balaban J connectivity index is 3.05. The van der Waals surface area contributed by atoms with Crippen molar-refractivity contribution in [2.75, 3.05) is 6.61 Å². The first-order valence-electron chi connectivity index (χ1n) is 3.67. The Labute approximate surface area is 73.0 Å². The van der Waals surface area contributed by atoms with Crippen LogP contribution in [0.4, 0.5) is 13.2 Å². The van der Waals surface area contributed by atoms with E-state index < -0.39 is 11.7 Å². The lowest BCUT2D eigenvalue weighted by Crippen LogP contribution is -2.11. The normalized spacial score (nSPS) is 11.7. The van der Waals surface area contributed by atoms with Crippen LogP contribution in [0.3, 0.4) is 0 Å². The summed E-state index contributed by atoms with van der Waals surface area (Å²) in [6.07, 6.45) is -3.19. The van der Waals surface area contributed by atoms with E-state index in [1.807, 2.05) is 0 Å². The number of halogens is 3. The van der Waals surface area contributed by atoms with Gasteiger partial charge in [-0.2, -0.15) is 13.2 Å². The number of aromatic nitrogens is 1. The Bertz CT molecular complexity index is 285. The molecule has 2 nitrogen and oxygen atoms in total. The molecule has 1 aromatic rings. The van der Waals surface area contributed by atoms with Gasteiger partial charge in [0.2, 0.25) is 0 Å². The van der Waals surface area contributed by atoms with Crippen molar-refractivity contribution in [1.82, 2.24) is 4.98 Å². The quantitative estimate of drug-likeness (QED) is 0.770. The largest absolute Gasteiger partial charge is 0.418 e.